The lowest BCUT2D eigenvalue weighted by molar-refractivity contribution is 0.0259. The van der Waals surface area contributed by atoms with Gasteiger partial charge in [-0.15, -0.1) is 0 Å². The fourth-order valence-electron chi connectivity index (χ4n) is 4.96. The number of ketones is 2. The molecule has 5 rings (SSSR count). The van der Waals surface area contributed by atoms with Gasteiger partial charge in [-0.1, -0.05) is 18.5 Å². The van der Waals surface area contributed by atoms with Gasteiger partial charge in [-0.3, -0.25) is 14.3 Å². The number of rotatable bonds is 4. The molecule has 0 unspecified atom stereocenters. The van der Waals surface area contributed by atoms with Gasteiger partial charge in [0.25, 0.3) is 0 Å². The Kier molecular flexibility index (Phi) is 5.09. The van der Waals surface area contributed by atoms with Gasteiger partial charge in [0.2, 0.25) is 17.2 Å². The van der Waals surface area contributed by atoms with Crippen LogP contribution in [0, 0.1) is 5.92 Å². The summed E-state index contributed by atoms with van der Waals surface area (Å²) in [4.78, 5) is 28.1. The first-order chi connectivity index (χ1) is 16.3. The van der Waals surface area contributed by atoms with E-state index < -0.39 is 23.1 Å². The molecule has 3 aromatic rings. The highest BCUT2D eigenvalue weighted by atomic mass is 35.5. The molecule has 0 saturated carbocycles. The van der Waals surface area contributed by atoms with E-state index in [4.69, 9.17) is 30.5 Å². The van der Waals surface area contributed by atoms with Crippen LogP contribution in [0.25, 0.3) is 11.3 Å². The van der Waals surface area contributed by atoms with E-state index in [1.165, 1.54) is 20.3 Å². The van der Waals surface area contributed by atoms with E-state index in [1.807, 2.05) is 31.2 Å². The van der Waals surface area contributed by atoms with Gasteiger partial charge >= 0.3 is 0 Å². The van der Waals surface area contributed by atoms with Gasteiger partial charge in [0, 0.05) is 24.6 Å². The molecule has 2 atom stereocenters. The third-order valence-corrected chi connectivity index (χ3v) is 7.02. The molecule has 1 aliphatic carbocycles. The van der Waals surface area contributed by atoms with Gasteiger partial charge < -0.3 is 18.9 Å². The molecule has 0 radical (unpaired) electrons. The molecular formula is C25H23ClN2O6. The Labute approximate surface area is 201 Å². The predicted molar refractivity (Wildman–Crippen MR) is 125 cm³/mol. The number of carbonyl (C=O) groups is 2. The summed E-state index contributed by atoms with van der Waals surface area (Å²) in [5, 5.41) is 4.73. The molecule has 2 aromatic carbocycles. The van der Waals surface area contributed by atoms with Crippen LogP contribution in [0.3, 0.4) is 0 Å². The highest BCUT2D eigenvalue weighted by Crippen LogP contribution is 2.54. The van der Waals surface area contributed by atoms with Crippen LogP contribution in [0.15, 0.2) is 30.3 Å². The van der Waals surface area contributed by atoms with E-state index in [2.05, 4.69) is 5.10 Å². The number of halogens is 1. The SMILES string of the molecule is COc1ccc(-c2c3c(nn2C)C[C@@H](C)[C@]2(Oc4c(Cl)c(OC)cc(OC)c4C2=O)C3=O)cc1. The minimum absolute atomic E-state index is 0.0985. The lowest BCUT2D eigenvalue weighted by Crippen LogP contribution is -2.56. The van der Waals surface area contributed by atoms with Crippen LogP contribution in [0.2, 0.25) is 5.02 Å². The zero-order valence-corrected chi connectivity index (χ0v) is 20.1. The minimum Gasteiger partial charge on any atom is -0.497 e. The summed E-state index contributed by atoms with van der Waals surface area (Å²) in [5.41, 5.74) is 0.746. The number of benzene rings is 2. The molecule has 2 heterocycles. The molecule has 0 fully saturated rings. The molecular weight excluding hydrogens is 460 g/mol. The number of methoxy groups -OCH3 is 3. The molecule has 1 spiro atoms. The second-order valence-electron chi connectivity index (χ2n) is 8.42. The largest absolute Gasteiger partial charge is 0.497 e. The molecule has 2 aliphatic rings. The number of hydrogen-bond donors (Lipinski definition) is 0. The molecule has 8 nitrogen and oxygen atoms in total. The summed E-state index contributed by atoms with van der Waals surface area (Å²) in [6.07, 6.45) is 0.377. The standard InChI is InChI=1S/C25H23ClN2O6/c1-12-10-15-18(21(28(2)27-15)13-6-8-14(31-3)9-7-13)23(29)25(12)24(30)19-16(32-4)11-17(33-5)20(26)22(19)34-25/h6-9,11-12H,10H2,1-5H3/t12-,25+/m1/s1. The summed E-state index contributed by atoms with van der Waals surface area (Å²) in [7, 11) is 6.26. The Morgan fingerprint density at radius 3 is 2.29 bits per heavy atom. The first kappa shape index (κ1) is 22.3. The van der Waals surface area contributed by atoms with Gasteiger partial charge in [0.15, 0.2) is 5.75 Å². The topological polar surface area (TPSA) is 88.9 Å². The molecule has 0 amide bonds. The van der Waals surface area contributed by atoms with Gasteiger partial charge in [-0.2, -0.15) is 5.10 Å². The predicted octanol–water partition coefficient (Wildman–Crippen LogP) is 4.16. The van der Waals surface area contributed by atoms with Crippen molar-refractivity contribution in [3.8, 4) is 34.3 Å². The van der Waals surface area contributed by atoms with Crippen LogP contribution >= 0.6 is 11.6 Å². The van der Waals surface area contributed by atoms with Crippen LogP contribution in [0.1, 0.15) is 33.3 Å². The van der Waals surface area contributed by atoms with E-state index in [0.717, 1.165) is 5.56 Å². The van der Waals surface area contributed by atoms with Crippen LogP contribution in [0.4, 0.5) is 0 Å². The first-order valence-corrected chi connectivity index (χ1v) is 11.1. The minimum atomic E-state index is -1.77. The van der Waals surface area contributed by atoms with Crippen molar-refractivity contribution in [1.29, 1.82) is 0 Å². The Morgan fingerprint density at radius 1 is 1.03 bits per heavy atom. The van der Waals surface area contributed by atoms with E-state index in [-0.39, 0.29) is 22.1 Å². The third kappa shape index (κ3) is 2.81. The average Bonchev–Trinajstić information content (AvgIpc) is 3.33. The quantitative estimate of drug-likeness (QED) is 0.516. The van der Waals surface area contributed by atoms with Gasteiger partial charge in [0.1, 0.15) is 27.8 Å². The highest BCUT2D eigenvalue weighted by Gasteiger charge is 2.62. The van der Waals surface area contributed by atoms with Crippen molar-refractivity contribution in [1.82, 2.24) is 9.78 Å². The maximum Gasteiger partial charge on any atom is 0.237 e. The Balaban J connectivity index is 1.69. The van der Waals surface area contributed by atoms with Crippen molar-refractivity contribution in [3.63, 3.8) is 0 Å². The van der Waals surface area contributed by atoms with Crippen molar-refractivity contribution in [2.75, 3.05) is 21.3 Å². The second kappa shape index (κ2) is 7.77. The summed E-state index contributed by atoms with van der Waals surface area (Å²) in [5.74, 6) is -0.0876. The summed E-state index contributed by atoms with van der Waals surface area (Å²) in [6.45, 7) is 1.81. The van der Waals surface area contributed by atoms with Crippen molar-refractivity contribution in [2.24, 2.45) is 13.0 Å². The maximum atomic E-state index is 14.2. The molecule has 34 heavy (non-hydrogen) atoms. The van der Waals surface area contributed by atoms with Crippen LogP contribution in [0.5, 0.6) is 23.0 Å². The zero-order chi connectivity index (χ0) is 24.4. The number of Topliss-reactive ketones (excluding diaryl/α,β-unsaturated/α-hetero) is 2. The van der Waals surface area contributed by atoms with Gasteiger partial charge in [0.05, 0.1) is 38.3 Å². The molecule has 0 bridgehead atoms. The van der Waals surface area contributed by atoms with E-state index >= 15 is 0 Å². The normalized spacial score (nSPS) is 20.7. The number of fused-ring (bicyclic) bond motifs is 2. The lowest BCUT2D eigenvalue weighted by atomic mass is 9.71. The molecule has 9 heteroatoms. The third-order valence-electron chi connectivity index (χ3n) is 6.66. The average molecular weight is 483 g/mol. The van der Waals surface area contributed by atoms with Crippen LogP contribution in [-0.2, 0) is 13.5 Å². The summed E-state index contributed by atoms with van der Waals surface area (Å²) in [6, 6.07) is 8.85. The Bertz CT molecular complexity index is 1350. The van der Waals surface area contributed by atoms with E-state index in [9.17, 15) is 9.59 Å². The maximum absolute atomic E-state index is 14.2. The van der Waals surface area contributed by atoms with Crippen molar-refractivity contribution >= 4 is 23.2 Å². The fraction of sp³-hybridized carbons (Fsp3) is 0.320. The Hall–Kier alpha value is -3.52. The number of nitrogens with zero attached hydrogens (tertiary/aromatic N) is 2. The highest BCUT2D eigenvalue weighted by molar-refractivity contribution is 6.36. The molecule has 1 aliphatic heterocycles. The van der Waals surface area contributed by atoms with Crippen LogP contribution < -0.4 is 18.9 Å². The molecule has 0 saturated heterocycles. The first-order valence-electron chi connectivity index (χ1n) is 10.7. The molecule has 176 valence electrons. The van der Waals surface area contributed by atoms with Crippen molar-refractivity contribution in [3.05, 3.63) is 52.2 Å². The van der Waals surface area contributed by atoms with Gasteiger partial charge in [-0.25, -0.2) is 0 Å². The van der Waals surface area contributed by atoms with E-state index in [1.54, 1.807) is 18.8 Å². The smallest absolute Gasteiger partial charge is 0.237 e. The zero-order valence-electron chi connectivity index (χ0n) is 19.4. The van der Waals surface area contributed by atoms with E-state index in [0.29, 0.717) is 34.9 Å². The monoisotopic (exact) mass is 482 g/mol. The lowest BCUT2D eigenvalue weighted by Gasteiger charge is -2.35. The molecule has 0 N–H and O–H groups in total. The number of ether oxygens (including phenoxy) is 4. The van der Waals surface area contributed by atoms with Gasteiger partial charge in [-0.05, 0) is 30.7 Å². The number of aryl methyl sites for hydroxylation is 1. The molecule has 1 aromatic heterocycles. The fourth-order valence-corrected chi connectivity index (χ4v) is 5.22. The van der Waals surface area contributed by atoms with Crippen molar-refractivity contribution < 1.29 is 28.5 Å². The second-order valence-corrected chi connectivity index (χ2v) is 8.80. The number of aromatic nitrogens is 2. The summed E-state index contributed by atoms with van der Waals surface area (Å²) >= 11 is 6.51. The van der Waals surface area contributed by atoms with Crippen LogP contribution in [-0.4, -0.2) is 48.3 Å². The van der Waals surface area contributed by atoms with Crippen molar-refractivity contribution in [2.45, 2.75) is 18.9 Å². The summed E-state index contributed by atoms with van der Waals surface area (Å²) < 4.78 is 23.9. The number of carbonyl (C=O) groups excluding carboxylic acids is 2. The Morgan fingerprint density at radius 2 is 1.68 bits per heavy atom. The number of hydrogen-bond acceptors (Lipinski definition) is 7.